The molecule has 1 unspecified atom stereocenters. The molecule has 152 valence electrons. The predicted molar refractivity (Wildman–Crippen MR) is 129 cm³/mol. The molecule has 0 aliphatic heterocycles. The molecule has 1 rings (SSSR count). The first-order valence-corrected chi connectivity index (χ1v) is 10.7. The van der Waals surface area contributed by atoms with Gasteiger partial charge in [-0.1, -0.05) is 87.6 Å². The van der Waals surface area contributed by atoms with E-state index in [-0.39, 0.29) is 0 Å². The van der Waals surface area contributed by atoms with E-state index >= 15 is 0 Å². The minimum Gasteiger partial charge on any atom is -0.0955 e. The lowest BCUT2D eigenvalue weighted by atomic mass is 9.82. The van der Waals surface area contributed by atoms with Gasteiger partial charge in [0.15, 0.2) is 0 Å². The second-order valence-corrected chi connectivity index (χ2v) is 8.04. The molecule has 0 nitrogen and oxygen atoms in total. The second kappa shape index (κ2) is 11.7. The molecule has 0 N–H and O–H groups in total. The quantitative estimate of drug-likeness (QED) is 0.357. The third-order valence-corrected chi connectivity index (χ3v) is 5.70. The first kappa shape index (κ1) is 24.0. The zero-order valence-corrected chi connectivity index (χ0v) is 19.2. The number of benzene rings is 1. The molecule has 0 saturated heterocycles. The summed E-state index contributed by atoms with van der Waals surface area (Å²) in [6, 6.07) is 6.76. The van der Waals surface area contributed by atoms with Crippen LogP contribution in [0.4, 0.5) is 0 Å². The number of hydrogen-bond acceptors (Lipinski definition) is 0. The van der Waals surface area contributed by atoms with Gasteiger partial charge in [-0.25, -0.2) is 0 Å². The van der Waals surface area contributed by atoms with Crippen molar-refractivity contribution in [1.82, 2.24) is 0 Å². The Morgan fingerprint density at radius 2 is 1.71 bits per heavy atom. The van der Waals surface area contributed by atoms with Crippen molar-refractivity contribution < 1.29 is 0 Å². The lowest BCUT2D eigenvalue weighted by Gasteiger charge is -2.23. The number of rotatable bonds is 10. The minimum atomic E-state index is 0.420. The molecule has 0 spiro atoms. The Hall–Kier alpha value is -2.08. The van der Waals surface area contributed by atoms with Gasteiger partial charge in [0.05, 0.1) is 0 Å². The normalized spacial score (nSPS) is 14.0. The molecule has 0 amide bonds. The van der Waals surface area contributed by atoms with E-state index in [0.29, 0.717) is 11.8 Å². The number of allylic oxidation sites excluding steroid dienone is 8. The lowest BCUT2D eigenvalue weighted by molar-refractivity contribution is 0.617. The highest BCUT2D eigenvalue weighted by Gasteiger charge is 2.17. The molecule has 0 saturated carbocycles. The highest BCUT2D eigenvalue weighted by molar-refractivity contribution is 5.79. The maximum Gasteiger partial charge on any atom is -0.0147 e. The fourth-order valence-corrected chi connectivity index (χ4v) is 3.68. The highest BCUT2D eigenvalue weighted by atomic mass is 14.2. The van der Waals surface area contributed by atoms with Gasteiger partial charge in [0.1, 0.15) is 0 Å². The van der Waals surface area contributed by atoms with E-state index in [0.717, 1.165) is 24.8 Å². The Bertz CT molecular complexity index is 763. The van der Waals surface area contributed by atoms with Gasteiger partial charge in [0.2, 0.25) is 0 Å². The van der Waals surface area contributed by atoms with Crippen LogP contribution in [0.5, 0.6) is 0 Å². The number of hydrogen-bond donors (Lipinski definition) is 0. The Kier molecular flexibility index (Phi) is 10.0. The zero-order valence-electron chi connectivity index (χ0n) is 19.2. The third kappa shape index (κ3) is 6.51. The SMILES string of the molecule is C=C(C)c1ccc(C)cc1C(=CCC(C)C(=C)C(C)=CC=CC)C(CC)CC. The van der Waals surface area contributed by atoms with Gasteiger partial charge in [0, 0.05) is 0 Å². The van der Waals surface area contributed by atoms with Crippen molar-refractivity contribution in [3.8, 4) is 0 Å². The zero-order chi connectivity index (χ0) is 21.3. The fourth-order valence-electron chi connectivity index (χ4n) is 3.68. The van der Waals surface area contributed by atoms with Crippen molar-refractivity contribution in [3.05, 3.63) is 83.5 Å². The van der Waals surface area contributed by atoms with Crippen LogP contribution in [0.3, 0.4) is 0 Å². The van der Waals surface area contributed by atoms with Crippen LogP contribution >= 0.6 is 0 Å². The van der Waals surface area contributed by atoms with Gasteiger partial charge in [-0.15, -0.1) is 0 Å². The summed E-state index contributed by atoms with van der Waals surface area (Å²) in [5.74, 6) is 0.990. The van der Waals surface area contributed by atoms with Crippen LogP contribution in [0.25, 0.3) is 11.1 Å². The molecule has 1 aromatic rings. The van der Waals surface area contributed by atoms with Crippen LogP contribution < -0.4 is 0 Å². The van der Waals surface area contributed by atoms with E-state index in [2.05, 4.69) is 97.2 Å². The molecule has 1 aromatic carbocycles. The third-order valence-electron chi connectivity index (χ3n) is 5.70. The second-order valence-electron chi connectivity index (χ2n) is 8.04. The van der Waals surface area contributed by atoms with E-state index in [1.54, 1.807) is 0 Å². The monoisotopic (exact) mass is 376 g/mol. The summed E-state index contributed by atoms with van der Waals surface area (Å²) in [5.41, 5.74) is 9.04. The van der Waals surface area contributed by atoms with E-state index in [1.807, 2.05) is 6.92 Å². The van der Waals surface area contributed by atoms with Crippen LogP contribution in [-0.2, 0) is 0 Å². The van der Waals surface area contributed by atoms with E-state index < -0.39 is 0 Å². The van der Waals surface area contributed by atoms with E-state index in [4.69, 9.17) is 0 Å². The van der Waals surface area contributed by atoms with Crippen molar-refractivity contribution in [2.75, 3.05) is 0 Å². The molecular weight excluding hydrogens is 336 g/mol. The molecule has 0 aromatic heterocycles. The van der Waals surface area contributed by atoms with Crippen molar-refractivity contribution in [2.24, 2.45) is 11.8 Å². The summed E-state index contributed by atoms with van der Waals surface area (Å²) < 4.78 is 0. The van der Waals surface area contributed by atoms with E-state index in [1.165, 1.54) is 33.4 Å². The molecule has 28 heavy (non-hydrogen) atoms. The van der Waals surface area contributed by atoms with Gasteiger partial charge in [0.25, 0.3) is 0 Å². The fraction of sp³-hybridized carbons (Fsp3) is 0.429. The molecule has 0 heterocycles. The molecule has 1 atom stereocenters. The first-order valence-electron chi connectivity index (χ1n) is 10.7. The Morgan fingerprint density at radius 3 is 2.25 bits per heavy atom. The van der Waals surface area contributed by atoms with Crippen molar-refractivity contribution in [3.63, 3.8) is 0 Å². The van der Waals surface area contributed by atoms with Crippen molar-refractivity contribution >= 4 is 11.1 Å². The first-order chi connectivity index (χ1) is 13.3. The summed E-state index contributed by atoms with van der Waals surface area (Å²) in [7, 11) is 0. The maximum absolute atomic E-state index is 4.36. The molecule has 0 radical (unpaired) electrons. The largest absolute Gasteiger partial charge is 0.0955 e. The molecule has 0 aliphatic carbocycles. The van der Waals surface area contributed by atoms with Crippen LogP contribution in [0.15, 0.2) is 66.8 Å². The molecule has 0 aliphatic rings. The molecule has 0 fully saturated rings. The van der Waals surface area contributed by atoms with Crippen LogP contribution in [0.1, 0.15) is 77.5 Å². The predicted octanol–water partition coefficient (Wildman–Crippen LogP) is 8.95. The smallest absolute Gasteiger partial charge is 0.0147 e. The summed E-state index contributed by atoms with van der Waals surface area (Å²) in [4.78, 5) is 0. The van der Waals surface area contributed by atoms with Gasteiger partial charge < -0.3 is 0 Å². The summed E-state index contributed by atoms with van der Waals surface area (Å²) >= 11 is 0. The van der Waals surface area contributed by atoms with Crippen LogP contribution in [-0.4, -0.2) is 0 Å². The number of aryl methyl sites for hydroxylation is 1. The average Bonchev–Trinajstić information content (AvgIpc) is 2.67. The van der Waals surface area contributed by atoms with Gasteiger partial charge in [-0.3, -0.25) is 0 Å². The summed E-state index contributed by atoms with van der Waals surface area (Å²) in [5, 5.41) is 0. The Balaban J connectivity index is 3.32. The van der Waals surface area contributed by atoms with Crippen molar-refractivity contribution in [2.45, 2.75) is 67.7 Å². The van der Waals surface area contributed by atoms with Gasteiger partial charge in [-0.05, 0) is 86.6 Å². The standard InChI is InChI=1S/C28H40/c1-10-13-14-22(7)24(9)23(8)16-18-27(25(11-2)12-3)28-19-21(6)15-17-26(28)20(4)5/h10,13-15,17-19,23,25H,4,9,11-12,16H2,1-3,5-8H3. The van der Waals surface area contributed by atoms with Crippen molar-refractivity contribution in [1.29, 1.82) is 0 Å². The Morgan fingerprint density at radius 1 is 1.07 bits per heavy atom. The maximum atomic E-state index is 4.36. The molecule has 0 bridgehead atoms. The summed E-state index contributed by atoms with van der Waals surface area (Å²) in [6.45, 7) is 23.9. The Labute approximate surface area is 174 Å². The summed E-state index contributed by atoms with van der Waals surface area (Å²) in [6.07, 6.45) is 12.1. The van der Waals surface area contributed by atoms with Gasteiger partial charge >= 0.3 is 0 Å². The topological polar surface area (TPSA) is 0 Å². The molecule has 0 heteroatoms. The average molecular weight is 377 g/mol. The highest BCUT2D eigenvalue weighted by Crippen LogP contribution is 2.35. The van der Waals surface area contributed by atoms with E-state index in [9.17, 15) is 0 Å². The van der Waals surface area contributed by atoms with Crippen LogP contribution in [0, 0.1) is 18.8 Å². The molecular formula is C28H40. The minimum absolute atomic E-state index is 0.420. The van der Waals surface area contributed by atoms with Gasteiger partial charge in [-0.2, -0.15) is 0 Å². The lowest BCUT2D eigenvalue weighted by Crippen LogP contribution is -2.06. The van der Waals surface area contributed by atoms with Crippen LogP contribution in [0.2, 0.25) is 0 Å².